The lowest BCUT2D eigenvalue weighted by Crippen LogP contribution is -2.01. The van der Waals surface area contributed by atoms with E-state index in [2.05, 4.69) is 24.3 Å². The number of benzene rings is 1. The third-order valence-electron chi connectivity index (χ3n) is 2.34. The van der Waals surface area contributed by atoms with Crippen molar-refractivity contribution in [1.29, 1.82) is 0 Å². The molecule has 1 aromatic carbocycles. The van der Waals surface area contributed by atoms with Crippen LogP contribution in [0.25, 0.3) is 0 Å². The van der Waals surface area contributed by atoms with Crippen molar-refractivity contribution in [3.63, 3.8) is 0 Å². The van der Waals surface area contributed by atoms with Crippen molar-refractivity contribution in [3.8, 4) is 0 Å². The summed E-state index contributed by atoms with van der Waals surface area (Å²) in [4.78, 5) is 1.48. The smallest absolute Gasteiger partial charge is 0.0314 e. The minimum Gasteiger partial charge on any atom is -0.160 e. The van der Waals surface area contributed by atoms with Crippen LogP contribution in [0, 0.1) is 0 Å². The summed E-state index contributed by atoms with van der Waals surface area (Å²) >= 11 is 9.62. The number of hydrogen-bond acceptors (Lipinski definition) is 2. The number of alkyl halides is 1. The van der Waals surface area contributed by atoms with Crippen molar-refractivity contribution in [3.05, 3.63) is 29.8 Å². The van der Waals surface area contributed by atoms with Crippen molar-refractivity contribution in [2.45, 2.75) is 10.8 Å². The van der Waals surface area contributed by atoms with E-state index < -0.39 is 0 Å². The van der Waals surface area contributed by atoms with E-state index in [1.54, 1.807) is 5.56 Å². The fraction of sp³-hybridized carbons (Fsp3) is 0.455. The summed E-state index contributed by atoms with van der Waals surface area (Å²) in [6.45, 7) is 0. The summed E-state index contributed by atoms with van der Waals surface area (Å²) in [6, 6.07) is 8.76. The lowest BCUT2D eigenvalue weighted by atomic mass is 10.0. The monoisotopic (exact) mass is 244 g/mol. The summed E-state index contributed by atoms with van der Waals surface area (Å²) in [5.74, 6) is 5.05. The molecule has 1 aromatic rings. The molecule has 0 bridgehead atoms. The van der Waals surface area contributed by atoms with Crippen LogP contribution in [0.1, 0.15) is 11.5 Å². The number of rotatable bonds is 4. The van der Waals surface area contributed by atoms with E-state index in [0.29, 0.717) is 0 Å². The Balaban J connectivity index is 1.96. The van der Waals surface area contributed by atoms with E-state index in [-0.39, 0.29) is 0 Å². The summed E-state index contributed by atoms with van der Waals surface area (Å²) in [6.07, 6.45) is 0. The van der Waals surface area contributed by atoms with Gasteiger partial charge in [0.2, 0.25) is 0 Å². The van der Waals surface area contributed by atoms with Crippen LogP contribution < -0.4 is 0 Å². The minimum atomic E-state index is 0.740. The first-order valence-electron chi connectivity index (χ1n) is 4.77. The van der Waals surface area contributed by atoms with Crippen molar-refractivity contribution in [2.75, 3.05) is 23.1 Å². The van der Waals surface area contributed by atoms with Gasteiger partial charge in [0, 0.05) is 34.0 Å². The molecule has 0 fully saturated rings. The number of fused-ring (bicyclic) bond motifs is 1. The molecule has 0 amide bonds. The molecule has 0 saturated carbocycles. The second kappa shape index (κ2) is 5.34. The summed E-state index contributed by atoms with van der Waals surface area (Å²) < 4.78 is 0. The largest absolute Gasteiger partial charge is 0.160 e. The van der Waals surface area contributed by atoms with Crippen LogP contribution in [0.15, 0.2) is 29.2 Å². The molecule has 3 heteroatoms. The molecule has 0 aliphatic carbocycles. The van der Waals surface area contributed by atoms with E-state index in [4.69, 9.17) is 11.6 Å². The van der Waals surface area contributed by atoms with Gasteiger partial charge in [-0.2, -0.15) is 11.8 Å². The van der Waals surface area contributed by atoms with Gasteiger partial charge in [-0.05, 0) is 11.6 Å². The fourth-order valence-electron chi connectivity index (χ4n) is 1.65. The first-order valence-corrected chi connectivity index (χ1v) is 7.44. The Morgan fingerprint density at radius 2 is 2.29 bits per heavy atom. The lowest BCUT2D eigenvalue weighted by molar-refractivity contribution is 0.896. The van der Waals surface area contributed by atoms with E-state index in [1.807, 2.05) is 23.5 Å². The predicted octanol–water partition coefficient (Wildman–Crippen LogP) is 3.85. The molecule has 2 rings (SSSR count). The predicted molar refractivity (Wildman–Crippen MR) is 68.0 cm³/mol. The molecule has 1 unspecified atom stereocenters. The molecular weight excluding hydrogens is 232 g/mol. The average Bonchev–Trinajstić information content (AvgIpc) is 2.63. The Hall–Kier alpha value is 0.210. The first kappa shape index (κ1) is 10.7. The zero-order chi connectivity index (χ0) is 9.80. The molecule has 14 heavy (non-hydrogen) atoms. The van der Waals surface area contributed by atoms with E-state index in [9.17, 15) is 0 Å². The van der Waals surface area contributed by atoms with Gasteiger partial charge in [0.05, 0.1) is 0 Å². The molecule has 1 heterocycles. The third-order valence-corrected chi connectivity index (χ3v) is 5.14. The molecule has 1 atom stereocenters. The molecule has 1 aliphatic rings. The van der Waals surface area contributed by atoms with Crippen LogP contribution >= 0.6 is 35.1 Å². The molecular formula is C11H13ClS2. The number of hydrogen-bond donors (Lipinski definition) is 0. The van der Waals surface area contributed by atoms with E-state index in [0.717, 1.165) is 17.6 Å². The maximum absolute atomic E-state index is 5.66. The molecule has 0 saturated heterocycles. The van der Waals surface area contributed by atoms with Gasteiger partial charge in [-0.15, -0.1) is 23.4 Å². The third kappa shape index (κ3) is 2.41. The molecule has 1 aliphatic heterocycles. The number of halogens is 1. The molecule has 0 nitrogen and oxygen atoms in total. The highest BCUT2D eigenvalue weighted by Crippen LogP contribution is 2.40. The van der Waals surface area contributed by atoms with Crippen LogP contribution in [-0.4, -0.2) is 23.1 Å². The van der Waals surface area contributed by atoms with Gasteiger partial charge >= 0.3 is 0 Å². The van der Waals surface area contributed by atoms with Crippen molar-refractivity contribution < 1.29 is 0 Å². The van der Waals surface area contributed by atoms with Crippen LogP contribution in [0.5, 0.6) is 0 Å². The Morgan fingerprint density at radius 3 is 3.14 bits per heavy atom. The highest BCUT2D eigenvalue weighted by Gasteiger charge is 2.21. The van der Waals surface area contributed by atoms with Gasteiger partial charge in [0.1, 0.15) is 0 Å². The molecule has 76 valence electrons. The standard InChI is InChI=1S/C11H13ClS2/c12-5-6-13-7-9-8-14-11-4-2-1-3-10(9)11/h1-4,9H,5-8H2. The maximum Gasteiger partial charge on any atom is 0.0314 e. The second-order valence-electron chi connectivity index (χ2n) is 3.31. The summed E-state index contributed by atoms with van der Waals surface area (Å²) in [5, 5.41) is 0. The Labute approximate surface area is 98.8 Å². The van der Waals surface area contributed by atoms with E-state index in [1.165, 1.54) is 16.4 Å². The van der Waals surface area contributed by atoms with Crippen LogP contribution in [0.4, 0.5) is 0 Å². The first-order chi connectivity index (χ1) is 6.92. The Kier molecular flexibility index (Phi) is 4.09. The highest BCUT2D eigenvalue weighted by atomic mass is 35.5. The normalized spacial score (nSPS) is 19.6. The number of thioether (sulfide) groups is 2. The molecule has 0 spiro atoms. The van der Waals surface area contributed by atoms with Crippen LogP contribution in [0.3, 0.4) is 0 Å². The van der Waals surface area contributed by atoms with Gasteiger partial charge in [0.25, 0.3) is 0 Å². The second-order valence-corrected chi connectivity index (χ2v) is 5.90. The van der Waals surface area contributed by atoms with Gasteiger partial charge < -0.3 is 0 Å². The van der Waals surface area contributed by atoms with Crippen molar-refractivity contribution in [1.82, 2.24) is 0 Å². The molecule has 0 aromatic heterocycles. The quantitative estimate of drug-likeness (QED) is 0.583. The zero-order valence-electron chi connectivity index (χ0n) is 7.91. The average molecular weight is 245 g/mol. The summed E-state index contributed by atoms with van der Waals surface area (Å²) in [7, 11) is 0. The van der Waals surface area contributed by atoms with Crippen molar-refractivity contribution in [2.24, 2.45) is 0 Å². The SMILES string of the molecule is ClCCSCC1CSc2ccccc21. The van der Waals surface area contributed by atoms with Crippen LogP contribution in [0.2, 0.25) is 0 Å². The zero-order valence-corrected chi connectivity index (χ0v) is 10.3. The summed E-state index contributed by atoms with van der Waals surface area (Å²) in [5.41, 5.74) is 1.54. The van der Waals surface area contributed by atoms with E-state index >= 15 is 0 Å². The van der Waals surface area contributed by atoms with Crippen LogP contribution in [-0.2, 0) is 0 Å². The molecule has 0 N–H and O–H groups in total. The Morgan fingerprint density at radius 1 is 1.43 bits per heavy atom. The van der Waals surface area contributed by atoms with Crippen molar-refractivity contribution >= 4 is 35.1 Å². The van der Waals surface area contributed by atoms with Gasteiger partial charge in [-0.1, -0.05) is 18.2 Å². The molecule has 0 radical (unpaired) electrons. The van der Waals surface area contributed by atoms with Gasteiger partial charge in [0.15, 0.2) is 0 Å². The van der Waals surface area contributed by atoms with Gasteiger partial charge in [-0.3, -0.25) is 0 Å². The Bertz CT molecular complexity index is 301. The fourth-order valence-corrected chi connectivity index (χ4v) is 4.24. The van der Waals surface area contributed by atoms with Gasteiger partial charge in [-0.25, -0.2) is 0 Å². The lowest BCUT2D eigenvalue weighted by Gasteiger charge is -2.08. The highest BCUT2D eigenvalue weighted by molar-refractivity contribution is 8.00. The minimum absolute atomic E-state index is 0.740. The maximum atomic E-state index is 5.66. The topological polar surface area (TPSA) is 0 Å².